The number of carbonyl (C=O) groups is 1. The predicted molar refractivity (Wildman–Crippen MR) is 83.2 cm³/mol. The van der Waals surface area contributed by atoms with Crippen LogP contribution < -0.4 is 0 Å². The molecule has 0 spiro atoms. The highest BCUT2D eigenvalue weighted by atomic mass is 127. The van der Waals surface area contributed by atoms with Gasteiger partial charge in [-0.3, -0.25) is 9.48 Å². The summed E-state index contributed by atoms with van der Waals surface area (Å²) in [6, 6.07) is 8.24. The Morgan fingerprint density at radius 2 is 1.95 bits per heavy atom. The van der Waals surface area contributed by atoms with Gasteiger partial charge in [-0.15, -0.1) is 0 Å². The van der Waals surface area contributed by atoms with Crippen LogP contribution in [-0.2, 0) is 13.5 Å². The average molecular weight is 366 g/mol. The van der Waals surface area contributed by atoms with Crippen molar-refractivity contribution in [3.63, 3.8) is 0 Å². The predicted octanol–water partition coefficient (Wildman–Crippen LogP) is 3.46. The number of carbonyl (C=O) groups excluding carboxylic acids is 1. The zero-order valence-corrected chi connectivity index (χ0v) is 13.1. The van der Waals surface area contributed by atoms with E-state index in [2.05, 4.69) is 58.9 Å². The monoisotopic (exact) mass is 366 g/mol. The number of rotatable bonds is 1. The van der Waals surface area contributed by atoms with E-state index in [0.29, 0.717) is 12.3 Å². The lowest BCUT2D eigenvalue weighted by Gasteiger charge is -2.16. The lowest BCUT2D eigenvalue weighted by Crippen LogP contribution is -2.17. The van der Waals surface area contributed by atoms with Crippen LogP contribution >= 0.6 is 22.6 Å². The van der Waals surface area contributed by atoms with Crippen LogP contribution in [0.5, 0.6) is 0 Å². The van der Waals surface area contributed by atoms with Gasteiger partial charge in [0.05, 0.1) is 17.0 Å². The van der Waals surface area contributed by atoms with Gasteiger partial charge in [0, 0.05) is 22.6 Å². The fourth-order valence-corrected chi connectivity index (χ4v) is 3.13. The van der Waals surface area contributed by atoms with Crippen LogP contribution in [0.15, 0.2) is 24.3 Å². The van der Waals surface area contributed by atoms with Crippen molar-refractivity contribution in [1.29, 1.82) is 0 Å². The molecule has 3 nitrogen and oxygen atoms in total. The summed E-state index contributed by atoms with van der Waals surface area (Å²) in [6.07, 6.45) is 1.54. The molecule has 1 aromatic heterocycles. The molecule has 1 atom stereocenters. The first-order valence-electron chi connectivity index (χ1n) is 6.41. The minimum Gasteiger partial charge on any atom is -0.294 e. The summed E-state index contributed by atoms with van der Waals surface area (Å²) >= 11 is 2.28. The van der Waals surface area contributed by atoms with E-state index in [1.165, 1.54) is 3.57 Å². The lowest BCUT2D eigenvalue weighted by molar-refractivity contribution is 0.0954. The number of hydrogen-bond donors (Lipinski definition) is 0. The highest BCUT2D eigenvalue weighted by Crippen LogP contribution is 2.33. The van der Waals surface area contributed by atoms with E-state index in [1.807, 2.05) is 11.7 Å². The molecule has 1 unspecified atom stereocenters. The molecule has 3 rings (SSSR count). The molecule has 0 radical (unpaired) electrons. The SMILES string of the molecule is CC1CC(=O)c2c(nn(C)c2-c2ccc(I)cc2)C1. The van der Waals surface area contributed by atoms with Crippen molar-refractivity contribution in [2.24, 2.45) is 13.0 Å². The van der Waals surface area contributed by atoms with Crippen LogP contribution in [0.1, 0.15) is 29.4 Å². The Hall–Kier alpha value is -1.17. The first kappa shape index (κ1) is 12.8. The fraction of sp³-hybridized carbons (Fsp3) is 0.333. The van der Waals surface area contributed by atoms with Crippen LogP contribution in [0.4, 0.5) is 0 Å². The van der Waals surface area contributed by atoms with Crippen LogP contribution in [-0.4, -0.2) is 15.6 Å². The summed E-state index contributed by atoms with van der Waals surface area (Å²) in [4.78, 5) is 12.3. The third-order valence-corrected chi connectivity index (χ3v) is 4.31. The van der Waals surface area contributed by atoms with Gasteiger partial charge >= 0.3 is 0 Å². The molecule has 4 heteroatoms. The molecule has 0 amide bonds. The fourth-order valence-electron chi connectivity index (χ4n) is 2.78. The van der Waals surface area contributed by atoms with Gasteiger partial charge < -0.3 is 0 Å². The van der Waals surface area contributed by atoms with Crippen molar-refractivity contribution in [2.75, 3.05) is 0 Å². The van der Waals surface area contributed by atoms with E-state index in [9.17, 15) is 4.79 Å². The summed E-state index contributed by atoms with van der Waals surface area (Å²) < 4.78 is 3.04. The molecule has 0 N–H and O–H groups in total. The van der Waals surface area contributed by atoms with Crippen molar-refractivity contribution in [2.45, 2.75) is 19.8 Å². The molecular formula is C15H15IN2O. The molecule has 1 aromatic carbocycles. The standard InChI is InChI=1S/C15H15IN2O/c1-9-7-12-14(13(19)8-9)15(18(2)17-12)10-3-5-11(16)6-4-10/h3-6,9H,7-8H2,1-2H3. The number of aryl methyl sites for hydroxylation is 1. The smallest absolute Gasteiger partial charge is 0.167 e. The number of benzene rings is 1. The topological polar surface area (TPSA) is 34.9 Å². The number of halogens is 1. The van der Waals surface area contributed by atoms with Crippen molar-refractivity contribution in [1.82, 2.24) is 9.78 Å². The first-order chi connectivity index (χ1) is 9.06. The highest BCUT2D eigenvalue weighted by molar-refractivity contribution is 14.1. The van der Waals surface area contributed by atoms with Crippen molar-refractivity contribution in [3.8, 4) is 11.3 Å². The van der Waals surface area contributed by atoms with Crippen LogP contribution in [0.2, 0.25) is 0 Å². The summed E-state index contributed by atoms with van der Waals surface area (Å²) in [5.41, 5.74) is 3.82. The minimum absolute atomic E-state index is 0.232. The second-order valence-electron chi connectivity index (χ2n) is 5.24. The van der Waals surface area contributed by atoms with Crippen LogP contribution in [0, 0.1) is 9.49 Å². The van der Waals surface area contributed by atoms with Gasteiger partial charge in [0.25, 0.3) is 0 Å². The maximum absolute atomic E-state index is 12.3. The Balaban J connectivity index is 2.17. The second kappa shape index (κ2) is 4.74. The molecule has 1 aliphatic rings. The van der Waals surface area contributed by atoms with Gasteiger partial charge in [-0.05, 0) is 47.1 Å². The molecule has 98 valence electrons. The Bertz CT molecular complexity index is 643. The van der Waals surface area contributed by atoms with Gasteiger partial charge in [-0.25, -0.2) is 0 Å². The maximum Gasteiger partial charge on any atom is 0.167 e. The van der Waals surface area contributed by atoms with E-state index in [4.69, 9.17) is 0 Å². The van der Waals surface area contributed by atoms with E-state index < -0.39 is 0 Å². The Kier molecular flexibility index (Phi) is 3.20. The quantitative estimate of drug-likeness (QED) is 0.725. The molecule has 0 fully saturated rings. The molecule has 0 saturated carbocycles. The summed E-state index contributed by atoms with van der Waals surface area (Å²) in [5.74, 6) is 0.634. The van der Waals surface area contributed by atoms with Crippen molar-refractivity contribution < 1.29 is 4.79 Å². The third kappa shape index (κ3) is 2.22. The molecule has 19 heavy (non-hydrogen) atoms. The maximum atomic E-state index is 12.3. The number of fused-ring (bicyclic) bond motifs is 1. The Labute approximate surface area is 126 Å². The van der Waals surface area contributed by atoms with Gasteiger partial charge in [0.15, 0.2) is 5.78 Å². The van der Waals surface area contributed by atoms with Crippen molar-refractivity contribution in [3.05, 3.63) is 39.1 Å². The lowest BCUT2D eigenvalue weighted by atomic mass is 9.86. The third-order valence-electron chi connectivity index (χ3n) is 3.59. The molecule has 1 aliphatic carbocycles. The number of ketones is 1. The van der Waals surface area contributed by atoms with Gasteiger partial charge in [-0.1, -0.05) is 19.1 Å². The summed E-state index contributed by atoms with van der Waals surface area (Å²) in [5, 5.41) is 4.54. The summed E-state index contributed by atoms with van der Waals surface area (Å²) in [6.45, 7) is 2.11. The van der Waals surface area contributed by atoms with Crippen molar-refractivity contribution >= 4 is 28.4 Å². The number of aromatic nitrogens is 2. The van der Waals surface area contributed by atoms with E-state index in [-0.39, 0.29) is 5.78 Å². The average Bonchev–Trinajstić information content (AvgIpc) is 2.66. The minimum atomic E-state index is 0.232. The molecule has 0 saturated heterocycles. The highest BCUT2D eigenvalue weighted by Gasteiger charge is 2.29. The molecule has 0 aliphatic heterocycles. The second-order valence-corrected chi connectivity index (χ2v) is 6.48. The van der Waals surface area contributed by atoms with Gasteiger partial charge in [0.2, 0.25) is 0 Å². The summed E-state index contributed by atoms with van der Waals surface area (Å²) in [7, 11) is 1.92. The molecule has 1 heterocycles. The number of Topliss-reactive ketones (excluding diaryl/α,β-unsaturated/α-hetero) is 1. The van der Waals surface area contributed by atoms with E-state index in [1.54, 1.807) is 0 Å². The molecule has 0 bridgehead atoms. The Morgan fingerprint density at radius 1 is 1.26 bits per heavy atom. The number of nitrogens with zero attached hydrogens (tertiary/aromatic N) is 2. The first-order valence-corrected chi connectivity index (χ1v) is 7.49. The number of hydrogen-bond acceptors (Lipinski definition) is 2. The largest absolute Gasteiger partial charge is 0.294 e. The van der Waals surface area contributed by atoms with Crippen LogP contribution in [0.25, 0.3) is 11.3 Å². The van der Waals surface area contributed by atoms with E-state index in [0.717, 1.165) is 28.9 Å². The molecular weight excluding hydrogens is 351 g/mol. The van der Waals surface area contributed by atoms with Gasteiger partial charge in [-0.2, -0.15) is 5.10 Å². The zero-order chi connectivity index (χ0) is 13.6. The van der Waals surface area contributed by atoms with Crippen LogP contribution in [0.3, 0.4) is 0 Å². The zero-order valence-electron chi connectivity index (χ0n) is 11.0. The molecule has 2 aromatic rings. The normalized spacial score (nSPS) is 18.5. The Morgan fingerprint density at radius 3 is 2.63 bits per heavy atom. The van der Waals surface area contributed by atoms with E-state index >= 15 is 0 Å². The van der Waals surface area contributed by atoms with Gasteiger partial charge in [0.1, 0.15) is 0 Å².